The van der Waals surface area contributed by atoms with Crippen LogP contribution in [-0.4, -0.2) is 26.2 Å². The quantitative estimate of drug-likeness (QED) is 0.693. The zero-order valence-electron chi connectivity index (χ0n) is 12.7. The molecule has 3 rings (SSSR count). The van der Waals surface area contributed by atoms with Gasteiger partial charge in [0.1, 0.15) is 0 Å². The van der Waals surface area contributed by atoms with Crippen LogP contribution in [0.15, 0.2) is 27.4 Å². The van der Waals surface area contributed by atoms with E-state index < -0.39 is 0 Å². The van der Waals surface area contributed by atoms with Crippen LogP contribution < -0.4 is 5.32 Å². The Kier molecular flexibility index (Phi) is 4.82. The average molecular weight is 331 g/mol. The summed E-state index contributed by atoms with van der Waals surface area (Å²) in [6, 6.07) is 3.78. The summed E-state index contributed by atoms with van der Waals surface area (Å²) in [7, 11) is 0. The van der Waals surface area contributed by atoms with E-state index in [1.165, 1.54) is 0 Å². The second-order valence-corrected chi connectivity index (χ2v) is 5.88. The summed E-state index contributed by atoms with van der Waals surface area (Å²) in [5, 5.41) is 17.5. The summed E-state index contributed by atoms with van der Waals surface area (Å²) in [5.74, 6) is 1.42. The molecule has 0 aliphatic carbocycles. The van der Waals surface area contributed by atoms with E-state index in [1.54, 1.807) is 11.3 Å². The van der Waals surface area contributed by atoms with Gasteiger partial charge in [0, 0.05) is 35.5 Å². The number of nitrogens with one attached hydrogen (secondary N) is 2. The second-order valence-electron chi connectivity index (χ2n) is 5.10. The summed E-state index contributed by atoms with van der Waals surface area (Å²) >= 11 is 1.57. The van der Waals surface area contributed by atoms with Gasteiger partial charge in [-0.2, -0.15) is 21.4 Å². The van der Waals surface area contributed by atoms with E-state index in [4.69, 9.17) is 4.52 Å². The first-order chi connectivity index (χ1) is 11.2. The standard InChI is InChI=1S/C15H17N5O2S/c1-2-3-11-8-12(19-18-11)16-13(21)4-5-14-17-15(20-22-14)10-6-7-23-9-10/h6-9H,2-5H2,1H3,(H2,16,18,19,21). The minimum atomic E-state index is -0.130. The maximum atomic E-state index is 11.9. The normalized spacial score (nSPS) is 10.8. The fourth-order valence-corrected chi connectivity index (χ4v) is 2.75. The van der Waals surface area contributed by atoms with E-state index in [9.17, 15) is 4.79 Å². The van der Waals surface area contributed by atoms with Gasteiger partial charge in [0.25, 0.3) is 0 Å². The third kappa shape index (κ3) is 4.04. The summed E-state index contributed by atoms with van der Waals surface area (Å²) in [4.78, 5) is 16.2. The zero-order valence-corrected chi connectivity index (χ0v) is 13.5. The Morgan fingerprint density at radius 3 is 3.13 bits per heavy atom. The van der Waals surface area contributed by atoms with Gasteiger partial charge < -0.3 is 9.84 Å². The number of carbonyl (C=O) groups excluding carboxylic acids is 1. The molecule has 0 unspecified atom stereocenters. The maximum absolute atomic E-state index is 11.9. The van der Waals surface area contributed by atoms with Gasteiger partial charge in [-0.25, -0.2) is 0 Å². The van der Waals surface area contributed by atoms with E-state index >= 15 is 0 Å². The number of hydrogen-bond donors (Lipinski definition) is 2. The molecule has 0 radical (unpaired) electrons. The highest BCUT2D eigenvalue weighted by Gasteiger charge is 2.12. The number of thiophene rings is 1. The topological polar surface area (TPSA) is 96.7 Å². The van der Waals surface area contributed by atoms with Crippen molar-refractivity contribution in [2.24, 2.45) is 0 Å². The third-order valence-corrected chi connectivity index (χ3v) is 3.91. The molecule has 23 heavy (non-hydrogen) atoms. The molecule has 7 nitrogen and oxygen atoms in total. The Bertz CT molecular complexity index is 763. The van der Waals surface area contributed by atoms with Crippen LogP contribution in [0.1, 0.15) is 31.4 Å². The van der Waals surface area contributed by atoms with Crippen molar-refractivity contribution < 1.29 is 9.32 Å². The van der Waals surface area contributed by atoms with Crippen LogP contribution in [-0.2, 0) is 17.6 Å². The lowest BCUT2D eigenvalue weighted by molar-refractivity contribution is -0.116. The molecular weight excluding hydrogens is 314 g/mol. The third-order valence-electron chi connectivity index (χ3n) is 3.23. The SMILES string of the molecule is CCCc1cc(NC(=O)CCc2nc(-c3ccsc3)no2)n[nH]1. The molecule has 0 spiro atoms. The molecule has 3 aromatic rings. The van der Waals surface area contributed by atoms with E-state index in [-0.39, 0.29) is 12.3 Å². The molecule has 0 aromatic carbocycles. The molecule has 0 bridgehead atoms. The predicted octanol–water partition coefficient (Wildman–Crippen LogP) is 3.05. The molecule has 3 aromatic heterocycles. The van der Waals surface area contributed by atoms with E-state index in [0.717, 1.165) is 24.1 Å². The number of H-pyrrole nitrogens is 1. The minimum Gasteiger partial charge on any atom is -0.339 e. The molecule has 120 valence electrons. The van der Waals surface area contributed by atoms with Crippen molar-refractivity contribution >= 4 is 23.1 Å². The molecule has 0 atom stereocenters. The summed E-state index contributed by atoms with van der Waals surface area (Å²) in [6.07, 6.45) is 2.60. The maximum Gasteiger partial charge on any atom is 0.227 e. The summed E-state index contributed by atoms with van der Waals surface area (Å²) in [6.45, 7) is 2.09. The predicted molar refractivity (Wildman–Crippen MR) is 87.1 cm³/mol. The number of nitrogens with zero attached hydrogens (tertiary/aromatic N) is 3. The van der Waals surface area contributed by atoms with Gasteiger partial charge in [0.2, 0.25) is 17.6 Å². The molecule has 8 heteroatoms. The van der Waals surface area contributed by atoms with Crippen LogP contribution in [0.4, 0.5) is 5.82 Å². The van der Waals surface area contributed by atoms with Gasteiger partial charge in [-0.05, 0) is 17.9 Å². The number of aromatic nitrogens is 4. The molecular formula is C15H17N5O2S. The lowest BCUT2D eigenvalue weighted by atomic mass is 10.2. The highest BCUT2D eigenvalue weighted by Crippen LogP contribution is 2.19. The highest BCUT2D eigenvalue weighted by atomic mass is 32.1. The van der Waals surface area contributed by atoms with Crippen molar-refractivity contribution in [2.75, 3.05) is 5.32 Å². The van der Waals surface area contributed by atoms with Crippen molar-refractivity contribution in [1.29, 1.82) is 0 Å². The minimum absolute atomic E-state index is 0.130. The number of aryl methyl sites for hydroxylation is 2. The monoisotopic (exact) mass is 331 g/mol. The lowest BCUT2D eigenvalue weighted by Crippen LogP contribution is -2.12. The number of carbonyl (C=O) groups is 1. The van der Waals surface area contributed by atoms with Gasteiger partial charge in [-0.3, -0.25) is 9.89 Å². The average Bonchev–Trinajstić information content (AvgIpc) is 3.27. The number of rotatable bonds is 7. The fraction of sp³-hybridized carbons (Fsp3) is 0.333. The Morgan fingerprint density at radius 1 is 1.43 bits per heavy atom. The van der Waals surface area contributed by atoms with E-state index in [1.807, 2.05) is 22.9 Å². The first-order valence-electron chi connectivity index (χ1n) is 7.44. The second kappa shape index (κ2) is 7.19. The molecule has 0 saturated heterocycles. The van der Waals surface area contributed by atoms with Crippen LogP contribution in [0.25, 0.3) is 11.4 Å². The molecule has 3 heterocycles. The molecule has 1 amide bonds. The zero-order chi connectivity index (χ0) is 16.1. The van der Waals surface area contributed by atoms with Crippen molar-refractivity contribution in [3.8, 4) is 11.4 Å². The van der Waals surface area contributed by atoms with Gasteiger partial charge in [0.15, 0.2) is 5.82 Å². The Morgan fingerprint density at radius 2 is 2.35 bits per heavy atom. The lowest BCUT2D eigenvalue weighted by Gasteiger charge is -1.98. The van der Waals surface area contributed by atoms with Crippen molar-refractivity contribution in [2.45, 2.75) is 32.6 Å². The van der Waals surface area contributed by atoms with Crippen molar-refractivity contribution in [3.63, 3.8) is 0 Å². The summed E-state index contributed by atoms with van der Waals surface area (Å²) < 4.78 is 5.17. The van der Waals surface area contributed by atoms with Gasteiger partial charge >= 0.3 is 0 Å². The van der Waals surface area contributed by atoms with Crippen molar-refractivity contribution in [1.82, 2.24) is 20.3 Å². The van der Waals surface area contributed by atoms with Crippen LogP contribution in [0.3, 0.4) is 0 Å². The Labute approximate surface area is 137 Å². The van der Waals surface area contributed by atoms with Crippen LogP contribution in [0.2, 0.25) is 0 Å². The van der Waals surface area contributed by atoms with Crippen molar-refractivity contribution in [3.05, 3.63) is 34.5 Å². The first kappa shape index (κ1) is 15.4. The van der Waals surface area contributed by atoms with E-state index in [0.29, 0.717) is 24.0 Å². The number of hydrogen-bond acceptors (Lipinski definition) is 6. The molecule has 0 saturated carbocycles. The van der Waals surface area contributed by atoms with Crippen LogP contribution in [0, 0.1) is 0 Å². The fourth-order valence-electron chi connectivity index (χ4n) is 2.11. The number of anilines is 1. The van der Waals surface area contributed by atoms with Gasteiger partial charge in [-0.1, -0.05) is 18.5 Å². The highest BCUT2D eigenvalue weighted by molar-refractivity contribution is 7.08. The van der Waals surface area contributed by atoms with Gasteiger partial charge in [0.05, 0.1) is 0 Å². The van der Waals surface area contributed by atoms with E-state index in [2.05, 4.69) is 32.6 Å². The largest absolute Gasteiger partial charge is 0.339 e. The summed E-state index contributed by atoms with van der Waals surface area (Å²) in [5.41, 5.74) is 1.94. The smallest absolute Gasteiger partial charge is 0.227 e. The molecule has 2 N–H and O–H groups in total. The molecule has 0 aliphatic heterocycles. The first-order valence-corrected chi connectivity index (χ1v) is 8.38. The van der Waals surface area contributed by atoms with Crippen LogP contribution in [0.5, 0.6) is 0 Å². The Hall–Kier alpha value is -2.48. The number of aromatic amines is 1. The van der Waals surface area contributed by atoms with Gasteiger partial charge in [-0.15, -0.1) is 0 Å². The number of amides is 1. The Balaban J connectivity index is 1.50. The molecule has 0 aliphatic rings. The van der Waals surface area contributed by atoms with Crippen LogP contribution >= 0.6 is 11.3 Å². The molecule has 0 fully saturated rings.